The van der Waals surface area contributed by atoms with Gasteiger partial charge in [-0.05, 0) is 53.8 Å². The molecule has 0 spiro atoms. The minimum absolute atomic E-state index is 0.154. The van der Waals surface area contributed by atoms with Gasteiger partial charge in [-0.15, -0.1) is 0 Å². The van der Waals surface area contributed by atoms with Crippen molar-refractivity contribution in [3.63, 3.8) is 0 Å². The monoisotopic (exact) mass is 384 g/mol. The third kappa shape index (κ3) is 4.63. The summed E-state index contributed by atoms with van der Waals surface area (Å²) in [6.07, 6.45) is 3.09. The number of carbonyl (C=O) groups excluding carboxylic acids is 2. The Kier molecular flexibility index (Phi) is 6.17. The van der Waals surface area contributed by atoms with Crippen LogP contribution in [0.15, 0.2) is 12.2 Å². The zero-order valence-corrected chi connectivity index (χ0v) is 18.0. The van der Waals surface area contributed by atoms with Crippen molar-refractivity contribution < 1.29 is 28.2 Å². The number of Topliss-reactive ketones (excluding diaryl/α,β-unsaturated/α-hetero) is 1. The highest BCUT2D eigenvalue weighted by atomic mass is 28.4. The van der Waals surface area contributed by atoms with Crippen LogP contribution in [0.2, 0.25) is 19.6 Å². The first-order valence-electron chi connectivity index (χ1n) is 9.27. The van der Waals surface area contributed by atoms with Crippen LogP contribution in [0.5, 0.6) is 0 Å². The molecule has 1 fully saturated rings. The van der Waals surface area contributed by atoms with Crippen LogP contribution < -0.4 is 0 Å². The lowest BCUT2D eigenvalue weighted by Gasteiger charge is -2.42. The van der Waals surface area contributed by atoms with E-state index in [0.717, 1.165) is 0 Å². The maximum atomic E-state index is 13.4. The molecule has 0 amide bonds. The van der Waals surface area contributed by atoms with Gasteiger partial charge in [0.15, 0.2) is 19.9 Å². The van der Waals surface area contributed by atoms with Crippen LogP contribution in [0.25, 0.3) is 0 Å². The number of allylic oxidation sites excluding steroid dienone is 1. The average molecular weight is 385 g/mol. The Balaban J connectivity index is 2.37. The second-order valence-electron chi connectivity index (χ2n) is 8.66. The second kappa shape index (κ2) is 7.54. The van der Waals surface area contributed by atoms with Gasteiger partial charge in [0.1, 0.15) is 6.10 Å². The van der Waals surface area contributed by atoms with E-state index in [1.807, 2.05) is 12.2 Å². The smallest absolute Gasteiger partial charge is 0.312 e. The van der Waals surface area contributed by atoms with E-state index in [1.54, 1.807) is 27.7 Å². The Morgan fingerprint density at radius 2 is 1.88 bits per heavy atom. The summed E-state index contributed by atoms with van der Waals surface area (Å²) < 4.78 is 22.9. The van der Waals surface area contributed by atoms with Gasteiger partial charge in [0.05, 0.1) is 30.7 Å². The Morgan fingerprint density at radius 3 is 2.38 bits per heavy atom. The Bertz CT molecular complexity index is 579. The van der Waals surface area contributed by atoms with Gasteiger partial charge in [-0.25, -0.2) is 0 Å². The first-order chi connectivity index (χ1) is 11.9. The molecule has 0 saturated carbocycles. The van der Waals surface area contributed by atoms with E-state index in [4.69, 9.17) is 18.6 Å². The lowest BCUT2D eigenvalue weighted by Crippen LogP contribution is -2.54. The molecule has 1 aliphatic heterocycles. The molecule has 1 aliphatic carbocycles. The molecule has 2 aliphatic rings. The standard InChI is InChI=1S/C19H32O6Si/c1-8-22-17(21)19(4)11-9-10-13(25-26(5,6)7)15(19)16(20)14-12-23-18(2,3)24-14/h9-10,13-15H,8,11-12H2,1-7H3/t13-,14-,15+,19-/m0/s1. The summed E-state index contributed by atoms with van der Waals surface area (Å²) in [5.74, 6) is -2.00. The average Bonchev–Trinajstić information content (AvgIpc) is 2.86. The van der Waals surface area contributed by atoms with Gasteiger partial charge in [0.25, 0.3) is 0 Å². The molecule has 0 N–H and O–H groups in total. The first-order valence-corrected chi connectivity index (χ1v) is 12.7. The maximum absolute atomic E-state index is 13.4. The van der Waals surface area contributed by atoms with Crippen LogP contribution in [0.3, 0.4) is 0 Å². The number of hydrogen-bond acceptors (Lipinski definition) is 6. The molecule has 6 nitrogen and oxygen atoms in total. The number of hydrogen-bond donors (Lipinski definition) is 0. The second-order valence-corrected chi connectivity index (χ2v) is 13.1. The van der Waals surface area contributed by atoms with Gasteiger partial charge >= 0.3 is 5.97 Å². The predicted octanol–water partition coefficient (Wildman–Crippen LogP) is 3.07. The summed E-state index contributed by atoms with van der Waals surface area (Å²) in [6.45, 7) is 13.8. The third-order valence-electron chi connectivity index (χ3n) is 4.75. The highest BCUT2D eigenvalue weighted by Crippen LogP contribution is 2.43. The van der Waals surface area contributed by atoms with Crippen molar-refractivity contribution in [2.24, 2.45) is 11.3 Å². The van der Waals surface area contributed by atoms with Gasteiger partial charge < -0.3 is 18.6 Å². The van der Waals surface area contributed by atoms with Gasteiger partial charge in [0, 0.05) is 0 Å². The summed E-state index contributed by atoms with van der Waals surface area (Å²) in [4.78, 5) is 26.2. The van der Waals surface area contributed by atoms with E-state index in [1.165, 1.54) is 0 Å². The molecule has 1 saturated heterocycles. The van der Waals surface area contributed by atoms with Crippen LogP contribution in [0.4, 0.5) is 0 Å². The maximum Gasteiger partial charge on any atom is 0.312 e. The predicted molar refractivity (Wildman–Crippen MR) is 100 cm³/mol. The van der Waals surface area contributed by atoms with Crippen LogP contribution in [-0.4, -0.2) is 51.3 Å². The minimum atomic E-state index is -1.94. The Hall–Kier alpha value is -1.02. The van der Waals surface area contributed by atoms with Crippen molar-refractivity contribution in [2.45, 2.75) is 71.8 Å². The molecule has 0 aromatic rings. The van der Waals surface area contributed by atoms with Crippen LogP contribution in [-0.2, 0) is 28.2 Å². The highest BCUT2D eigenvalue weighted by Gasteiger charge is 2.54. The van der Waals surface area contributed by atoms with Gasteiger partial charge in [-0.2, -0.15) is 0 Å². The van der Waals surface area contributed by atoms with E-state index in [0.29, 0.717) is 6.42 Å². The number of rotatable bonds is 6. The number of ether oxygens (including phenoxy) is 3. The molecule has 0 bridgehead atoms. The summed E-state index contributed by atoms with van der Waals surface area (Å²) in [6, 6.07) is 0. The van der Waals surface area contributed by atoms with Crippen molar-refractivity contribution >= 4 is 20.1 Å². The first kappa shape index (κ1) is 21.3. The normalized spacial score (nSPS) is 33.9. The number of esters is 1. The van der Waals surface area contributed by atoms with Crippen molar-refractivity contribution in [3.8, 4) is 0 Å². The van der Waals surface area contributed by atoms with Crippen molar-refractivity contribution in [1.29, 1.82) is 0 Å². The molecule has 0 aromatic carbocycles. The Labute approximate surface area is 157 Å². The molecule has 148 valence electrons. The van der Waals surface area contributed by atoms with Crippen molar-refractivity contribution in [1.82, 2.24) is 0 Å². The van der Waals surface area contributed by atoms with Gasteiger partial charge in [-0.1, -0.05) is 12.2 Å². The van der Waals surface area contributed by atoms with Crippen molar-refractivity contribution in [2.75, 3.05) is 13.2 Å². The third-order valence-corrected chi connectivity index (χ3v) is 5.73. The lowest BCUT2D eigenvalue weighted by atomic mass is 9.66. The van der Waals surface area contributed by atoms with Crippen LogP contribution >= 0.6 is 0 Å². The van der Waals surface area contributed by atoms with Crippen LogP contribution in [0.1, 0.15) is 34.1 Å². The molecular formula is C19H32O6Si. The van der Waals surface area contributed by atoms with Gasteiger partial charge in [-0.3, -0.25) is 9.59 Å². The lowest BCUT2D eigenvalue weighted by molar-refractivity contribution is -0.170. The molecule has 4 atom stereocenters. The molecule has 0 unspecified atom stereocenters. The summed E-state index contributed by atoms with van der Waals surface area (Å²) in [5, 5.41) is 0. The van der Waals surface area contributed by atoms with E-state index in [-0.39, 0.29) is 25.0 Å². The van der Waals surface area contributed by atoms with E-state index < -0.39 is 37.6 Å². The SMILES string of the molecule is CCOC(=O)[C@@]1(C)CC=C[C@H](O[Si](C)(C)C)[C@@H]1C(=O)[C@@H]1COC(C)(C)O1. The van der Waals surface area contributed by atoms with Crippen molar-refractivity contribution in [3.05, 3.63) is 12.2 Å². The fourth-order valence-corrected chi connectivity index (χ4v) is 4.60. The van der Waals surface area contributed by atoms with E-state index in [2.05, 4.69) is 19.6 Å². The largest absolute Gasteiger partial charge is 0.466 e. The summed E-state index contributed by atoms with van der Waals surface area (Å²) >= 11 is 0. The number of ketones is 1. The molecule has 7 heteroatoms. The van der Waals surface area contributed by atoms with Crippen LogP contribution in [0, 0.1) is 11.3 Å². The highest BCUT2D eigenvalue weighted by molar-refractivity contribution is 6.69. The zero-order valence-electron chi connectivity index (χ0n) is 17.0. The van der Waals surface area contributed by atoms with E-state index in [9.17, 15) is 9.59 Å². The molecule has 2 rings (SSSR count). The fourth-order valence-electron chi connectivity index (χ4n) is 3.57. The molecule has 1 heterocycles. The summed E-state index contributed by atoms with van der Waals surface area (Å²) in [7, 11) is -1.94. The quantitative estimate of drug-likeness (QED) is 0.398. The fraction of sp³-hybridized carbons (Fsp3) is 0.789. The number of carbonyl (C=O) groups is 2. The summed E-state index contributed by atoms with van der Waals surface area (Å²) in [5.41, 5.74) is -0.984. The molecular weight excluding hydrogens is 352 g/mol. The molecule has 0 aromatic heterocycles. The Morgan fingerprint density at radius 1 is 1.23 bits per heavy atom. The topological polar surface area (TPSA) is 71.1 Å². The molecule has 0 radical (unpaired) electrons. The molecule has 26 heavy (non-hydrogen) atoms. The zero-order chi connectivity index (χ0) is 19.8. The van der Waals surface area contributed by atoms with Gasteiger partial charge in [0.2, 0.25) is 0 Å². The van der Waals surface area contributed by atoms with E-state index >= 15 is 0 Å². The minimum Gasteiger partial charge on any atom is -0.466 e.